The highest BCUT2D eigenvalue weighted by atomic mass is 79.9. The van der Waals surface area contributed by atoms with E-state index in [1.165, 1.54) is 18.7 Å². The van der Waals surface area contributed by atoms with Crippen LogP contribution >= 0.6 is 27.7 Å². The summed E-state index contributed by atoms with van der Waals surface area (Å²) in [5.74, 6) is -1.07. The molecule has 8 heteroatoms. The van der Waals surface area contributed by atoms with E-state index in [0.29, 0.717) is 0 Å². The maximum Gasteiger partial charge on any atom is 0.344 e. The summed E-state index contributed by atoms with van der Waals surface area (Å²) >= 11 is 4.69. The molecule has 138 valence electrons. The van der Waals surface area contributed by atoms with Gasteiger partial charge in [-0.2, -0.15) is 0 Å². The van der Waals surface area contributed by atoms with Gasteiger partial charge in [0.2, 0.25) is 11.8 Å². The lowest BCUT2D eigenvalue weighted by Crippen LogP contribution is -2.17. The molecule has 0 atom stereocenters. The molecular weight excluding hydrogens is 422 g/mol. The summed E-state index contributed by atoms with van der Waals surface area (Å²) in [7, 11) is 0. The normalized spacial score (nSPS) is 10.5. The number of hydrogen-bond donors (Lipinski definition) is 1. The second-order valence-electron chi connectivity index (χ2n) is 5.30. The Kier molecular flexibility index (Phi) is 7.05. The SMILES string of the molecule is CCOC(=O)c1c(NC(=O)CSc2ccc(Br)cc2)oc(C)c1C(C)=O. The zero-order valence-corrected chi connectivity index (χ0v) is 17.0. The van der Waals surface area contributed by atoms with Crippen LogP contribution in [0.5, 0.6) is 0 Å². The third kappa shape index (κ3) is 4.98. The van der Waals surface area contributed by atoms with Crippen molar-refractivity contribution in [3.05, 3.63) is 45.6 Å². The van der Waals surface area contributed by atoms with Gasteiger partial charge in [0, 0.05) is 9.37 Å². The lowest BCUT2D eigenvalue weighted by molar-refractivity contribution is -0.113. The molecule has 1 aromatic heterocycles. The molecule has 1 amide bonds. The minimum absolute atomic E-state index is 0.0427. The molecule has 0 saturated carbocycles. The molecule has 0 aliphatic carbocycles. The van der Waals surface area contributed by atoms with Crippen LogP contribution in [0.15, 0.2) is 38.1 Å². The van der Waals surface area contributed by atoms with Gasteiger partial charge in [-0.3, -0.25) is 14.9 Å². The molecule has 1 aromatic carbocycles. The number of aryl methyl sites for hydroxylation is 1. The van der Waals surface area contributed by atoms with Crippen LogP contribution in [0.4, 0.5) is 5.88 Å². The molecule has 0 fully saturated rings. The Morgan fingerprint density at radius 2 is 1.85 bits per heavy atom. The van der Waals surface area contributed by atoms with E-state index in [2.05, 4.69) is 21.2 Å². The number of esters is 1. The van der Waals surface area contributed by atoms with E-state index in [1.807, 2.05) is 24.3 Å². The fourth-order valence-electron chi connectivity index (χ4n) is 2.30. The van der Waals surface area contributed by atoms with Gasteiger partial charge in [-0.25, -0.2) is 4.79 Å². The first-order valence-electron chi connectivity index (χ1n) is 7.83. The Hall–Kier alpha value is -2.06. The molecule has 0 unspecified atom stereocenters. The Balaban J connectivity index is 2.15. The molecule has 2 rings (SSSR count). The van der Waals surface area contributed by atoms with Crippen molar-refractivity contribution < 1.29 is 23.5 Å². The highest BCUT2D eigenvalue weighted by Crippen LogP contribution is 2.29. The minimum Gasteiger partial charge on any atom is -0.462 e. The van der Waals surface area contributed by atoms with E-state index in [-0.39, 0.29) is 46.8 Å². The number of anilines is 1. The van der Waals surface area contributed by atoms with Gasteiger partial charge in [-0.15, -0.1) is 11.8 Å². The van der Waals surface area contributed by atoms with Gasteiger partial charge in [0.15, 0.2) is 5.78 Å². The van der Waals surface area contributed by atoms with Crippen LogP contribution in [0, 0.1) is 6.92 Å². The summed E-state index contributed by atoms with van der Waals surface area (Å²) < 4.78 is 11.4. The van der Waals surface area contributed by atoms with Crippen LogP contribution in [0.1, 0.15) is 40.3 Å². The van der Waals surface area contributed by atoms with Crippen molar-refractivity contribution in [3.8, 4) is 0 Å². The zero-order valence-electron chi connectivity index (χ0n) is 14.6. The molecule has 26 heavy (non-hydrogen) atoms. The molecule has 6 nitrogen and oxygen atoms in total. The predicted octanol–water partition coefficient (Wildman–Crippen LogP) is 4.46. The molecule has 0 spiro atoms. The summed E-state index contributed by atoms with van der Waals surface area (Å²) in [4.78, 5) is 37.2. The van der Waals surface area contributed by atoms with E-state index in [9.17, 15) is 14.4 Å². The van der Waals surface area contributed by atoms with Gasteiger partial charge in [-0.05, 0) is 45.0 Å². The third-order valence-corrected chi connectivity index (χ3v) is 4.89. The average molecular weight is 440 g/mol. The number of amides is 1. The smallest absolute Gasteiger partial charge is 0.344 e. The quantitative estimate of drug-likeness (QED) is 0.389. The first-order chi connectivity index (χ1) is 12.3. The highest BCUT2D eigenvalue weighted by Gasteiger charge is 2.28. The van der Waals surface area contributed by atoms with Gasteiger partial charge < -0.3 is 9.15 Å². The van der Waals surface area contributed by atoms with E-state index >= 15 is 0 Å². The molecular formula is C18H18BrNO5S. The minimum atomic E-state index is -0.703. The van der Waals surface area contributed by atoms with Gasteiger partial charge in [-0.1, -0.05) is 15.9 Å². The second kappa shape index (κ2) is 9.05. The number of furan rings is 1. The first kappa shape index (κ1) is 20.3. The number of rotatable bonds is 7. The van der Waals surface area contributed by atoms with Crippen molar-refractivity contribution in [1.29, 1.82) is 0 Å². The van der Waals surface area contributed by atoms with Crippen LogP contribution in [0.2, 0.25) is 0 Å². The molecule has 0 aliphatic heterocycles. The highest BCUT2D eigenvalue weighted by molar-refractivity contribution is 9.10. The summed E-state index contributed by atoms with van der Waals surface area (Å²) in [5, 5.41) is 2.56. The molecule has 0 radical (unpaired) electrons. The number of ketones is 1. The largest absolute Gasteiger partial charge is 0.462 e. The summed E-state index contributed by atoms with van der Waals surface area (Å²) in [6, 6.07) is 7.54. The maximum absolute atomic E-state index is 12.2. The number of halogens is 1. The van der Waals surface area contributed by atoms with Gasteiger partial charge >= 0.3 is 5.97 Å². The van der Waals surface area contributed by atoms with Crippen molar-refractivity contribution in [1.82, 2.24) is 0 Å². The monoisotopic (exact) mass is 439 g/mol. The van der Waals surface area contributed by atoms with E-state index < -0.39 is 5.97 Å². The van der Waals surface area contributed by atoms with Crippen molar-refractivity contribution in [2.24, 2.45) is 0 Å². The van der Waals surface area contributed by atoms with Crippen molar-refractivity contribution in [2.45, 2.75) is 25.7 Å². The number of benzene rings is 1. The molecule has 0 aliphatic rings. The summed E-state index contributed by atoms with van der Waals surface area (Å²) in [6.45, 7) is 4.69. The number of thioether (sulfide) groups is 1. The zero-order chi connectivity index (χ0) is 19.3. The molecule has 1 N–H and O–H groups in total. The lowest BCUT2D eigenvalue weighted by atomic mass is 10.1. The van der Waals surface area contributed by atoms with Crippen LogP contribution in [0.3, 0.4) is 0 Å². The molecule has 1 heterocycles. The van der Waals surface area contributed by atoms with E-state index in [4.69, 9.17) is 9.15 Å². The van der Waals surface area contributed by atoms with Gasteiger partial charge in [0.1, 0.15) is 11.3 Å². The number of carbonyl (C=O) groups is 3. The van der Waals surface area contributed by atoms with E-state index in [0.717, 1.165) is 9.37 Å². The fraction of sp³-hybridized carbons (Fsp3) is 0.278. The van der Waals surface area contributed by atoms with Gasteiger partial charge in [0.25, 0.3) is 0 Å². The van der Waals surface area contributed by atoms with Gasteiger partial charge in [0.05, 0.1) is 17.9 Å². The first-order valence-corrected chi connectivity index (χ1v) is 9.61. The Morgan fingerprint density at radius 1 is 1.19 bits per heavy atom. The summed E-state index contributed by atoms with van der Waals surface area (Å²) in [6.07, 6.45) is 0. The number of nitrogens with one attached hydrogen (secondary N) is 1. The fourth-order valence-corrected chi connectivity index (χ4v) is 3.26. The Labute approximate surface area is 163 Å². The Bertz CT molecular complexity index is 829. The standard InChI is InChI=1S/C18H18BrNO5S/c1-4-24-18(23)16-15(10(2)21)11(3)25-17(16)20-14(22)9-26-13-7-5-12(19)6-8-13/h5-8H,4,9H2,1-3H3,(H,20,22). The van der Waals surface area contributed by atoms with E-state index in [1.54, 1.807) is 13.8 Å². The van der Waals surface area contributed by atoms with Crippen molar-refractivity contribution in [3.63, 3.8) is 0 Å². The number of hydrogen-bond acceptors (Lipinski definition) is 6. The Morgan fingerprint density at radius 3 is 2.42 bits per heavy atom. The van der Waals surface area contributed by atoms with Crippen molar-refractivity contribution in [2.75, 3.05) is 17.7 Å². The average Bonchev–Trinajstić information content (AvgIpc) is 2.90. The van der Waals surface area contributed by atoms with Crippen LogP contribution < -0.4 is 5.32 Å². The second-order valence-corrected chi connectivity index (χ2v) is 7.27. The maximum atomic E-state index is 12.2. The molecule has 2 aromatic rings. The molecule has 0 bridgehead atoms. The molecule has 0 saturated heterocycles. The lowest BCUT2D eigenvalue weighted by Gasteiger charge is -2.06. The number of ether oxygens (including phenoxy) is 1. The van der Waals surface area contributed by atoms with Crippen LogP contribution in [-0.4, -0.2) is 30.0 Å². The van der Waals surface area contributed by atoms with Crippen molar-refractivity contribution >= 4 is 51.2 Å². The topological polar surface area (TPSA) is 85.6 Å². The number of carbonyl (C=O) groups excluding carboxylic acids is 3. The third-order valence-electron chi connectivity index (χ3n) is 3.35. The van der Waals surface area contributed by atoms with Crippen LogP contribution in [-0.2, 0) is 9.53 Å². The number of Topliss-reactive ketones (excluding diaryl/α,β-unsaturated/α-hetero) is 1. The summed E-state index contributed by atoms with van der Waals surface area (Å²) in [5.41, 5.74) is 0.0816. The van der Waals surface area contributed by atoms with Crippen LogP contribution in [0.25, 0.3) is 0 Å². The predicted molar refractivity (Wildman–Crippen MR) is 103 cm³/mol.